The fraction of sp³-hybridized carbons (Fsp3) is 0.381. The van der Waals surface area contributed by atoms with Gasteiger partial charge in [0, 0.05) is 8.95 Å². The monoisotopic (exact) mass is 481 g/mol. The van der Waals surface area contributed by atoms with Crippen molar-refractivity contribution < 1.29 is 9.53 Å². The molecule has 140 valence electrons. The minimum atomic E-state index is -0.188. The molecule has 0 spiro atoms. The molecule has 0 fully saturated rings. The summed E-state index contributed by atoms with van der Waals surface area (Å²) in [5.74, 6) is 0.858. The number of hydrogen-bond donors (Lipinski definition) is 1. The third kappa shape index (κ3) is 5.58. The van der Waals surface area contributed by atoms with Gasteiger partial charge in [-0.3, -0.25) is 4.79 Å². The zero-order valence-electron chi connectivity index (χ0n) is 15.8. The minimum absolute atomic E-state index is 0.0329. The van der Waals surface area contributed by atoms with E-state index < -0.39 is 0 Å². The lowest BCUT2D eigenvalue weighted by Gasteiger charge is -2.20. The van der Waals surface area contributed by atoms with Gasteiger partial charge in [-0.05, 0) is 68.7 Å². The Morgan fingerprint density at radius 2 is 1.81 bits per heavy atom. The molecule has 1 N–H and O–H groups in total. The Labute approximate surface area is 172 Å². The summed E-state index contributed by atoms with van der Waals surface area (Å²) in [7, 11) is 0. The van der Waals surface area contributed by atoms with Crippen molar-refractivity contribution in [1.82, 2.24) is 0 Å². The molecular weight excluding hydrogens is 458 g/mol. The van der Waals surface area contributed by atoms with E-state index in [4.69, 9.17) is 4.74 Å². The average molecular weight is 483 g/mol. The molecular formula is C21H25Br2NO2. The summed E-state index contributed by atoms with van der Waals surface area (Å²) in [6.45, 7) is 10.6. The number of halogens is 2. The number of rotatable bonds is 5. The van der Waals surface area contributed by atoms with Crippen LogP contribution in [0.25, 0.3) is 0 Å². The van der Waals surface area contributed by atoms with Crippen LogP contribution in [-0.4, -0.2) is 12.5 Å². The molecule has 0 unspecified atom stereocenters. The molecule has 0 aliphatic rings. The van der Waals surface area contributed by atoms with E-state index in [1.807, 2.05) is 36.4 Å². The summed E-state index contributed by atoms with van der Waals surface area (Å²) in [5, 5.41) is 2.90. The lowest BCUT2D eigenvalue weighted by atomic mass is 9.87. The zero-order chi connectivity index (χ0) is 19.5. The van der Waals surface area contributed by atoms with Crippen LogP contribution in [0.2, 0.25) is 0 Å². The van der Waals surface area contributed by atoms with Gasteiger partial charge in [-0.15, -0.1) is 0 Å². The van der Waals surface area contributed by atoms with Gasteiger partial charge in [0.1, 0.15) is 5.75 Å². The summed E-state index contributed by atoms with van der Waals surface area (Å²) < 4.78 is 7.62. The number of carbonyl (C=O) groups excluding carboxylic acids is 1. The molecule has 0 saturated heterocycles. The maximum Gasteiger partial charge on any atom is 0.262 e. The van der Waals surface area contributed by atoms with Crippen LogP contribution in [-0.2, 0) is 10.2 Å². The van der Waals surface area contributed by atoms with Crippen molar-refractivity contribution in [3.05, 3.63) is 56.5 Å². The van der Waals surface area contributed by atoms with Gasteiger partial charge in [0.25, 0.3) is 5.91 Å². The lowest BCUT2D eigenvalue weighted by molar-refractivity contribution is -0.118. The van der Waals surface area contributed by atoms with Gasteiger partial charge in [0.05, 0.1) is 5.69 Å². The normalized spacial score (nSPS) is 11.5. The Balaban J connectivity index is 2.04. The van der Waals surface area contributed by atoms with Crippen LogP contribution in [0.3, 0.4) is 0 Å². The van der Waals surface area contributed by atoms with Crippen LogP contribution >= 0.6 is 31.9 Å². The van der Waals surface area contributed by atoms with E-state index in [-0.39, 0.29) is 17.9 Å². The largest absolute Gasteiger partial charge is 0.483 e. The Morgan fingerprint density at radius 1 is 1.12 bits per heavy atom. The molecule has 0 radical (unpaired) electrons. The molecule has 0 aliphatic carbocycles. The fourth-order valence-electron chi connectivity index (χ4n) is 2.51. The van der Waals surface area contributed by atoms with Gasteiger partial charge in [0.15, 0.2) is 6.61 Å². The molecule has 26 heavy (non-hydrogen) atoms. The maximum atomic E-state index is 12.3. The van der Waals surface area contributed by atoms with Crippen molar-refractivity contribution in [2.75, 3.05) is 11.9 Å². The third-order valence-corrected chi connectivity index (χ3v) is 5.21. The first-order valence-electron chi connectivity index (χ1n) is 8.60. The van der Waals surface area contributed by atoms with Crippen LogP contribution in [0.15, 0.2) is 45.3 Å². The van der Waals surface area contributed by atoms with Crippen molar-refractivity contribution in [1.29, 1.82) is 0 Å². The van der Waals surface area contributed by atoms with Crippen molar-refractivity contribution in [2.45, 2.75) is 46.0 Å². The quantitative estimate of drug-likeness (QED) is 0.517. The topological polar surface area (TPSA) is 38.3 Å². The summed E-state index contributed by atoms with van der Waals surface area (Å²) in [5.41, 5.74) is 3.08. The van der Waals surface area contributed by atoms with Crippen molar-refractivity contribution in [2.24, 2.45) is 0 Å². The first-order valence-corrected chi connectivity index (χ1v) is 10.2. The smallest absolute Gasteiger partial charge is 0.262 e. The molecule has 0 saturated carbocycles. The van der Waals surface area contributed by atoms with E-state index in [9.17, 15) is 4.79 Å². The molecule has 3 nitrogen and oxygen atoms in total. The second kappa shape index (κ2) is 8.57. The molecule has 5 heteroatoms. The summed E-state index contributed by atoms with van der Waals surface area (Å²) in [4.78, 5) is 12.3. The first kappa shape index (κ1) is 21.0. The highest BCUT2D eigenvalue weighted by atomic mass is 79.9. The summed E-state index contributed by atoms with van der Waals surface area (Å²) in [6.07, 6.45) is 0. The van der Waals surface area contributed by atoms with Crippen LogP contribution in [0, 0.1) is 0 Å². The van der Waals surface area contributed by atoms with Crippen LogP contribution in [0.5, 0.6) is 5.75 Å². The second-order valence-electron chi connectivity index (χ2n) is 7.62. The summed E-state index contributed by atoms with van der Waals surface area (Å²) >= 11 is 7.02. The van der Waals surface area contributed by atoms with E-state index in [1.54, 1.807) is 0 Å². The average Bonchev–Trinajstić information content (AvgIpc) is 2.54. The second-order valence-corrected chi connectivity index (χ2v) is 9.39. The molecule has 0 heterocycles. The molecule has 1 amide bonds. The van der Waals surface area contributed by atoms with Gasteiger partial charge in [-0.1, -0.05) is 56.6 Å². The Kier molecular flexibility index (Phi) is 6.92. The fourth-order valence-corrected chi connectivity index (χ4v) is 3.37. The van der Waals surface area contributed by atoms with Crippen molar-refractivity contribution in [3.8, 4) is 5.75 Å². The maximum absolute atomic E-state index is 12.3. The Morgan fingerprint density at radius 3 is 2.38 bits per heavy atom. The van der Waals surface area contributed by atoms with E-state index in [2.05, 4.69) is 71.8 Å². The highest BCUT2D eigenvalue weighted by molar-refractivity contribution is 9.10. The van der Waals surface area contributed by atoms with E-state index in [0.29, 0.717) is 5.92 Å². The molecule has 0 bridgehead atoms. The van der Waals surface area contributed by atoms with Crippen LogP contribution in [0.4, 0.5) is 5.69 Å². The van der Waals surface area contributed by atoms with Gasteiger partial charge < -0.3 is 10.1 Å². The molecule has 2 aromatic rings. The van der Waals surface area contributed by atoms with Crippen molar-refractivity contribution >= 4 is 43.5 Å². The van der Waals surface area contributed by atoms with Crippen molar-refractivity contribution in [3.63, 3.8) is 0 Å². The first-order chi connectivity index (χ1) is 12.1. The Hall–Kier alpha value is -1.33. The number of hydrogen-bond acceptors (Lipinski definition) is 2. The van der Waals surface area contributed by atoms with E-state index in [1.165, 1.54) is 5.56 Å². The lowest BCUT2D eigenvalue weighted by Crippen LogP contribution is -2.21. The van der Waals surface area contributed by atoms with E-state index >= 15 is 0 Å². The molecule has 0 aliphatic heterocycles. The van der Waals surface area contributed by atoms with Gasteiger partial charge in [-0.2, -0.15) is 0 Å². The molecule has 2 aromatic carbocycles. The van der Waals surface area contributed by atoms with Gasteiger partial charge in [-0.25, -0.2) is 0 Å². The number of amides is 1. The van der Waals surface area contributed by atoms with Crippen LogP contribution in [0.1, 0.15) is 51.7 Å². The number of carbonyl (C=O) groups is 1. The molecule has 0 atom stereocenters. The third-order valence-electron chi connectivity index (χ3n) is 4.06. The van der Waals surface area contributed by atoms with Gasteiger partial charge in [0.2, 0.25) is 0 Å². The predicted molar refractivity (Wildman–Crippen MR) is 115 cm³/mol. The number of nitrogens with one attached hydrogen (secondary N) is 1. The molecule has 2 rings (SSSR count). The van der Waals surface area contributed by atoms with Crippen LogP contribution < -0.4 is 10.1 Å². The SMILES string of the molecule is CC(C)c1cc(Br)ccc1OCC(=O)Nc1ccc(C(C)(C)C)cc1Br. The Bertz CT molecular complexity index is 795. The van der Waals surface area contributed by atoms with Gasteiger partial charge >= 0.3 is 0 Å². The number of ether oxygens (including phenoxy) is 1. The number of anilines is 1. The number of benzene rings is 2. The highest BCUT2D eigenvalue weighted by Crippen LogP contribution is 2.31. The zero-order valence-corrected chi connectivity index (χ0v) is 19.0. The standard InChI is InChI=1S/C21H25Br2NO2/c1-13(2)16-11-15(22)7-9-19(16)26-12-20(25)24-18-8-6-14(10-17(18)23)21(3,4)5/h6-11,13H,12H2,1-5H3,(H,24,25). The summed E-state index contributed by atoms with van der Waals surface area (Å²) in [6, 6.07) is 11.8. The molecule has 0 aromatic heterocycles. The minimum Gasteiger partial charge on any atom is -0.483 e. The highest BCUT2D eigenvalue weighted by Gasteiger charge is 2.16. The van der Waals surface area contributed by atoms with E-state index in [0.717, 1.165) is 25.9 Å². The predicted octanol–water partition coefficient (Wildman–Crippen LogP) is 6.65.